The molecule has 8 nitrogen and oxygen atoms in total. The number of carbonyl (C=O) groups is 1. The van der Waals surface area contributed by atoms with Crippen LogP contribution in [0, 0.1) is 0 Å². The molecule has 1 amide bonds. The molecule has 0 atom stereocenters. The molecule has 1 N–H and O–H groups in total. The number of carbonyl (C=O) groups excluding carboxylic acids is 1. The van der Waals surface area contributed by atoms with Gasteiger partial charge in [-0.3, -0.25) is 9.36 Å². The zero-order chi connectivity index (χ0) is 24.2. The van der Waals surface area contributed by atoms with E-state index in [-0.39, 0.29) is 24.4 Å². The fourth-order valence-corrected chi connectivity index (χ4v) is 4.19. The van der Waals surface area contributed by atoms with Crippen molar-refractivity contribution in [2.45, 2.75) is 45.7 Å². The van der Waals surface area contributed by atoms with Gasteiger partial charge in [-0.05, 0) is 75.1 Å². The maximum atomic E-state index is 13.2. The van der Waals surface area contributed by atoms with Crippen molar-refractivity contribution in [2.75, 3.05) is 18.4 Å². The lowest BCUT2D eigenvalue weighted by atomic mass is 10.1. The fraction of sp³-hybridized carbons (Fsp3) is 0.360. The first-order chi connectivity index (χ1) is 16.3. The highest BCUT2D eigenvalue weighted by atomic mass is 35.5. The minimum Gasteiger partial charge on any atom is -0.339 e. The van der Waals surface area contributed by atoms with Crippen LogP contribution in [0.4, 0.5) is 11.6 Å². The molecule has 0 bridgehead atoms. The summed E-state index contributed by atoms with van der Waals surface area (Å²) in [6, 6.07) is 13.8. The van der Waals surface area contributed by atoms with Crippen LogP contribution in [0.2, 0.25) is 5.02 Å². The van der Waals surface area contributed by atoms with Gasteiger partial charge in [-0.1, -0.05) is 23.7 Å². The zero-order valence-electron chi connectivity index (χ0n) is 19.3. The van der Waals surface area contributed by atoms with Crippen LogP contribution in [0.3, 0.4) is 0 Å². The Balaban J connectivity index is 1.64. The number of amides is 1. The number of likely N-dealkylation sites (tertiary alicyclic amines) is 1. The minimum absolute atomic E-state index is 0.0172. The Morgan fingerprint density at radius 1 is 1.00 bits per heavy atom. The van der Waals surface area contributed by atoms with Crippen molar-refractivity contribution in [1.29, 1.82) is 0 Å². The molecule has 1 aliphatic rings. The smallest absolute Gasteiger partial charge is 0.339 e. The van der Waals surface area contributed by atoms with E-state index >= 15 is 0 Å². The summed E-state index contributed by atoms with van der Waals surface area (Å²) in [5, 5.41) is 3.68. The Morgan fingerprint density at radius 3 is 2.26 bits per heavy atom. The highest BCUT2D eigenvalue weighted by Crippen LogP contribution is 2.18. The van der Waals surface area contributed by atoms with Crippen molar-refractivity contribution in [3.8, 4) is 0 Å². The molecular weight excluding hydrogens is 454 g/mol. The second kappa shape index (κ2) is 10.3. The first-order valence-corrected chi connectivity index (χ1v) is 11.9. The molecule has 0 radical (unpaired) electrons. The molecule has 1 aromatic heterocycles. The second-order valence-electron chi connectivity index (χ2n) is 8.73. The van der Waals surface area contributed by atoms with Crippen LogP contribution < -0.4 is 16.7 Å². The molecule has 0 spiro atoms. The summed E-state index contributed by atoms with van der Waals surface area (Å²) in [5.74, 6) is 0.153. The van der Waals surface area contributed by atoms with E-state index in [1.54, 1.807) is 50.2 Å². The molecule has 4 rings (SSSR count). The van der Waals surface area contributed by atoms with E-state index in [0.29, 0.717) is 16.3 Å². The summed E-state index contributed by atoms with van der Waals surface area (Å²) in [6.07, 6.45) is 3.22. The number of hydrogen-bond donors (Lipinski definition) is 1. The van der Waals surface area contributed by atoms with E-state index < -0.39 is 11.4 Å². The molecule has 1 fully saturated rings. The number of anilines is 2. The van der Waals surface area contributed by atoms with Crippen molar-refractivity contribution in [1.82, 2.24) is 19.0 Å². The molecule has 2 aromatic carbocycles. The Labute approximate surface area is 202 Å². The standard InChI is InChI=1S/C25H28ClN5O3/c1-17(2)31-24(33)28-23(30(25(31)34)16-18-6-10-20(26)11-7-18)27-21-12-8-19(9-13-21)22(32)29-14-4-3-5-15-29/h6-13,17H,3-5,14-16H2,1-2H3,(H,27,28,33). The molecule has 1 saturated heterocycles. The maximum absolute atomic E-state index is 13.2. The van der Waals surface area contributed by atoms with Gasteiger partial charge in [0.15, 0.2) is 0 Å². The lowest BCUT2D eigenvalue weighted by Crippen LogP contribution is -2.43. The summed E-state index contributed by atoms with van der Waals surface area (Å²) in [4.78, 5) is 44.6. The van der Waals surface area contributed by atoms with Gasteiger partial charge in [0.05, 0.1) is 6.54 Å². The molecule has 0 aliphatic carbocycles. The first kappa shape index (κ1) is 23.8. The first-order valence-electron chi connectivity index (χ1n) is 11.5. The fourth-order valence-electron chi connectivity index (χ4n) is 4.06. The van der Waals surface area contributed by atoms with Gasteiger partial charge in [-0.15, -0.1) is 0 Å². The van der Waals surface area contributed by atoms with Gasteiger partial charge in [-0.25, -0.2) is 14.2 Å². The molecular formula is C25H28ClN5O3. The number of rotatable bonds is 6. The third kappa shape index (κ3) is 5.22. The summed E-state index contributed by atoms with van der Waals surface area (Å²) in [7, 11) is 0. The highest BCUT2D eigenvalue weighted by Gasteiger charge is 2.19. The molecule has 178 valence electrons. The van der Waals surface area contributed by atoms with Crippen LogP contribution >= 0.6 is 11.6 Å². The number of benzene rings is 2. The van der Waals surface area contributed by atoms with Gasteiger partial charge in [0.1, 0.15) is 0 Å². The SMILES string of the molecule is CC(C)n1c(=O)nc(Nc2ccc(C(=O)N3CCCCC3)cc2)n(Cc2ccc(Cl)cc2)c1=O. The van der Waals surface area contributed by atoms with E-state index in [9.17, 15) is 14.4 Å². The summed E-state index contributed by atoms with van der Waals surface area (Å²) < 4.78 is 2.55. The van der Waals surface area contributed by atoms with E-state index in [4.69, 9.17) is 11.6 Å². The number of nitrogens with zero attached hydrogens (tertiary/aromatic N) is 4. The van der Waals surface area contributed by atoms with Gasteiger partial charge in [0.25, 0.3) is 5.91 Å². The van der Waals surface area contributed by atoms with Crippen LogP contribution in [0.15, 0.2) is 58.1 Å². The van der Waals surface area contributed by atoms with Crippen molar-refractivity contribution in [2.24, 2.45) is 0 Å². The van der Waals surface area contributed by atoms with Gasteiger partial charge < -0.3 is 10.2 Å². The topological polar surface area (TPSA) is 89.2 Å². The third-order valence-electron chi connectivity index (χ3n) is 5.90. The predicted octanol–water partition coefficient (Wildman–Crippen LogP) is 4.06. The number of aromatic nitrogens is 3. The van der Waals surface area contributed by atoms with Crippen molar-refractivity contribution in [3.63, 3.8) is 0 Å². The highest BCUT2D eigenvalue weighted by molar-refractivity contribution is 6.30. The average molecular weight is 482 g/mol. The molecule has 3 aromatic rings. The van der Waals surface area contributed by atoms with Crippen molar-refractivity contribution in [3.05, 3.63) is 85.6 Å². The Morgan fingerprint density at radius 2 is 1.65 bits per heavy atom. The van der Waals surface area contributed by atoms with Crippen LogP contribution in [0.1, 0.15) is 55.1 Å². The van der Waals surface area contributed by atoms with E-state index in [2.05, 4.69) is 10.3 Å². The average Bonchev–Trinajstić information content (AvgIpc) is 2.83. The molecule has 0 unspecified atom stereocenters. The molecule has 2 heterocycles. The van der Waals surface area contributed by atoms with Crippen LogP contribution in [-0.2, 0) is 6.54 Å². The largest absolute Gasteiger partial charge is 0.355 e. The Kier molecular flexibility index (Phi) is 7.17. The minimum atomic E-state index is -0.619. The number of hydrogen-bond acceptors (Lipinski definition) is 5. The molecule has 0 saturated carbocycles. The summed E-state index contributed by atoms with van der Waals surface area (Å²) >= 11 is 5.99. The van der Waals surface area contributed by atoms with E-state index in [1.165, 1.54) is 4.57 Å². The van der Waals surface area contributed by atoms with Gasteiger partial charge in [-0.2, -0.15) is 4.98 Å². The van der Waals surface area contributed by atoms with Gasteiger partial charge >= 0.3 is 11.4 Å². The number of halogens is 1. The molecule has 34 heavy (non-hydrogen) atoms. The van der Waals surface area contributed by atoms with E-state index in [0.717, 1.165) is 42.5 Å². The maximum Gasteiger partial charge on any atom is 0.355 e. The van der Waals surface area contributed by atoms with Crippen molar-refractivity contribution >= 4 is 29.1 Å². The third-order valence-corrected chi connectivity index (χ3v) is 6.15. The lowest BCUT2D eigenvalue weighted by molar-refractivity contribution is 0.0724. The van der Waals surface area contributed by atoms with Gasteiger partial charge in [0, 0.05) is 35.4 Å². The quantitative estimate of drug-likeness (QED) is 0.573. The Bertz CT molecular complexity index is 1270. The Hall–Kier alpha value is -3.39. The summed E-state index contributed by atoms with van der Waals surface area (Å²) in [5.41, 5.74) is 0.992. The molecule has 1 aliphatic heterocycles. The monoisotopic (exact) mass is 481 g/mol. The van der Waals surface area contributed by atoms with Gasteiger partial charge in [0.2, 0.25) is 5.95 Å². The van der Waals surface area contributed by atoms with Crippen LogP contribution in [0.5, 0.6) is 0 Å². The summed E-state index contributed by atoms with van der Waals surface area (Å²) in [6.45, 7) is 5.31. The normalized spacial score (nSPS) is 13.8. The zero-order valence-corrected chi connectivity index (χ0v) is 20.1. The lowest BCUT2D eigenvalue weighted by Gasteiger charge is -2.26. The van der Waals surface area contributed by atoms with Crippen molar-refractivity contribution < 1.29 is 4.79 Å². The second-order valence-corrected chi connectivity index (χ2v) is 9.17. The number of piperidine rings is 1. The van der Waals surface area contributed by atoms with Crippen LogP contribution in [-0.4, -0.2) is 38.0 Å². The van der Waals surface area contributed by atoms with E-state index in [1.807, 2.05) is 17.0 Å². The predicted molar refractivity (Wildman–Crippen MR) is 133 cm³/mol. The number of nitrogens with one attached hydrogen (secondary N) is 1. The molecule has 9 heteroatoms. The van der Waals surface area contributed by atoms with Crippen LogP contribution in [0.25, 0.3) is 0 Å².